The van der Waals surface area contributed by atoms with E-state index in [0.29, 0.717) is 5.92 Å². The molecule has 1 rings (SSSR count). The Bertz CT molecular complexity index is 278. The molecule has 1 atom stereocenters. The highest BCUT2D eigenvalue weighted by molar-refractivity contribution is 6.50. The van der Waals surface area contributed by atoms with E-state index < -0.39 is 7.25 Å². The molecule has 15 heavy (non-hydrogen) atoms. The van der Waals surface area contributed by atoms with Gasteiger partial charge in [0.1, 0.15) is 12.4 Å². The lowest BCUT2D eigenvalue weighted by Crippen LogP contribution is -2.31. The van der Waals surface area contributed by atoms with Crippen molar-refractivity contribution in [2.75, 3.05) is 0 Å². The van der Waals surface area contributed by atoms with Gasteiger partial charge in [0.05, 0.1) is 13.0 Å². The summed E-state index contributed by atoms with van der Waals surface area (Å²) in [6.45, 7) is 4.43. The van der Waals surface area contributed by atoms with Crippen LogP contribution in [0.15, 0.2) is 12.4 Å². The standard InChI is InChI=1S/C8H14N2.BF4/c1-4-7(2)8-9-5-6-10(8)3;2-1(3,4)5/h5-7H,4H2,1-3H3;/q;-1/p+1. The molecule has 0 amide bonds. The third kappa shape index (κ3) is 6.99. The zero-order valence-corrected chi connectivity index (χ0v) is 8.98. The second-order valence-electron chi connectivity index (χ2n) is 3.26. The van der Waals surface area contributed by atoms with Gasteiger partial charge < -0.3 is 17.3 Å². The molecule has 0 aromatic carbocycles. The van der Waals surface area contributed by atoms with Crippen LogP contribution in [-0.4, -0.2) is 12.2 Å². The minimum atomic E-state index is -6.00. The minimum Gasteiger partial charge on any atom is -0.418 e. The maximum absolute atomic E-state index is 9.75. The van der Waals surface area contributed by atoms with Gasteiger partial charge in [-0.1, -0.05) is 13.8 Å². The van der Waals surface area contributed by atoms with E-state index in [9.17, 15) is 17.3 Å². The van der Waals surface area contributed by atoms with Crippen molar-refractivity contribution in [3.05, 3.63) is 18.2 Å². The number of hydrogen-bond acceptors (Lipinski definition) is 0. The third-order valence-electron chi connectivity index (χ3n) is 1.99. The van der Waals surface area contributed by atoms with Crippen molar-refractivity contribution in [2.24, 2.45) is 7.05 Å². The maximum atomic E-state index is 9.75. The maximum Gasteiger partial charge on any atom is 0.673 e. The monoisotopic (exact) mass is 226 g/mol. The average Bonchev–Trinajstić information content (AvgIpc) is 2.47. The minimum absolute atomic E-state index is 0.639. The molecule has 0 aliphatic carbocycles. The lowest BCUT2D eigenvalue weighted by atomic mass is 10.1. The van der Waals surface area contributed by atoms with Crippen molar-refractivity contribution < 1.29 is 21.8 Å². The molecule has 1 aromatic rings. The third-order valence-corrected chi connectivity index (χ3v) is 1.99. The molecule has 0 saturated carbocycles. The first-order chi connectivity index (χ1) is 6.75. The first-order valence-electron chi connectivity index (χ1n) is 4.66. The number of imidazole rings is 1. The van der Waals surface area contributed by atoms with Gasteiger partial charge in [-0.15, -0.1) is 0 Å². The van der Waals surface area contributed by atoms with Crippen molar-refractivity contribution in [1.82, 2.24) is 4.98 Å². The van der Waals surface area contributed by atoms with Crippen LogP contribution in [0.25, 0.3) is 0 Å². The largest absolute Gasteiger partial charge is 0.673 e. The first kappa shape index (κ1) is 14.0. The Labute approximate surface area is 86.4 Å². The summed E-state index contributed by atoms with van der Waals surface area (Å²) in [4.78, 5) is 3.22. The normalized spacial score (nSPS) is 13.0. The summed E-state index contributed by atoms with van der Waals surface area (Å²) >= 11 is 0. The van der Waals surface area contributed by atoms with E-state index in [1.807, 2.05) is 12.4 Å². The smallest absolute Gasteiger partial charge is 0.418 e. The molecule has 0 radical (unpaired) electrons. The fourth-order valence-electron chi connectivity index (χ4n) is 1.10. The molecule has 0 aliphatic rings. The summed E-state index contributed by atoms with van der Waals surface area (Å²) in [6.07, 6.45) is 5.21. The summed E-state index contributed by atoms with van der Waals surface area (Å²) < 4.78 is 41.1. The summed E-state index contributed by atoms with van der Waals surface area (Å²) in [6, 6.07) is 0. The first-order valence-corrected chi connectivity index (χ1v) is 4.66. The lowest BCUT2D eigenvalue weighted by molar-refractivity contribution is -0.679. The van der Waals surface area contributed by atoms with Crippen LogP contribution < -0.4 is 4.57 Å². The van der Waals surface area contributed by atoms with Crippen molar-refractivity contribution in [3.8, 4) is 0 Å². The molecule has 0 fully saturated rings. The van der Waals surface area contributed by atoms with Crippen LogP contribution in [0.4, 0.5) is 17.3 Å². The van der Waals surface area contributed by atoms with Crippen LogP contribution in [0.1, 0.15) is 32.0 Å². The molecule has 1 unspecified atom stereocenters. The molecule has 88 valence electrons. The number of halogens is 4. The van der Waals surface area contributed by atoms with Gasteiger partial charge >= 0.3 is 7.25 Å². The Morgan fingerprint density at radius 2 is 1.87 bits per heavy atom. The highest BCUT2D eigenvalue weighted by Crippen LogP contribution is 2.10. The summed E-state index contributed by atoms with van der Waals surface area (Å²) in [5.41, 5.74) is 0. The highest BCUT2D eigenvalue weighted by Gasteiger charge is 2.20. The van der Waals surface area contributed by atoms with Crippen LogP contribution >= 0.6 is 0 Å². The Morgan fingerprint density at radius 3 is 2.13 bits per heavy atom. The summed E-state index contributed by atoms with van der Waals surface area (Å²) in [7, 11) is -3.93. The van der Waals surface area contributed by atoms with Crippen molar-refractivity contribution in [2.45, 2.75) is 26.2 Å². The van der Waals surface area contributed by atoms with Crippen molar-refractivity contribution in [1.29, 1.82) is 0 Å². The van der Waals surface area contributed by atoms with Crippen LogP contribution in [0, 0.1) is 0 Å². The molecule has 7 heteroatoms. The second kappa shape index (κ2) is 5.77. The predicted molar refractivity (Wildman–Crippen MR) is 50.9 cm³/mol. The zero-order chi connectivity index (χ0) is 12.1. The molecule has 0 aliphatic heterocycles. The second-order valence-corrected chi connectivity index (χ2v) is 3.26. The Balaban J connectivity index is 0.000000336. The number of H-pyrrole nitrogens is 1. The van der Waals surface area contributed by atoms with E-state index in [1.165, 1.54) is 12.2 Å². The van der Waals surface area contributed by atoms with Crippen LogP contribution in [0.2, 0.25) is 0 Å². The number of nitrogens with one attached hydrogen (secondary N) is 1. The van der Waals surface area contributed by atoms with Crippen molar-refractivity contribution in [3.63, 3.8) is 0 Å². The molecular weight excluding hydrogens is 211 g/mol. The number of aromatic amines is 1. The predicted octanol–water partition coefficient (Wildman–Crippen LogP) is 2.65. The van der Waals surface area contributed by atoms with Crippen LogP contribution in [0.3, 0.4) is 0 Å². The number of rotatable bonds is 2. The Hall–Kier alpha value is -1.01. The van der Waals surface area contributed by atoms with E-state index in [2.05, 4.69) is 30.4 Å². The quantitative estimate of drug-likeness (QED) is 0.454. The van der Waals surface area contributed by atoms with Gasteiger partial charge in [0, 0.05) is 0 Å². The molecule has 0 saturated heterocycles. The van der Waals surface area contributed by atoms with Gasteiger partial charge in [-0.3, -0.25) is 0 Å². The van der Waals surface area contributed by atoms with E-state index >= 15 is 0 Å². The summed E-state index contributed by atoms with van der Waals surface area (Å²) in [5, 5.41) is 0. The number of hydrogen-bond donors (Lipinski definition) is 1. The van der Waals surface area contributed by atoms with Gasteiger partial charge in [-0.2, -0.15) is 0 Å². The van der Waals surface area contributed by atoms with E-state index in [-0.39, 0.29) is 0 Å². The summed E-state index contributed by atoms with van der Waals surface area (Å²) in [5.74, 6) is 1.95. The van der Waals surface area contributed by atoms with Gasteiger partial charge in [-0.05, 0) is 6.42 Å². The van der Waals surface area contributed by atoms with Gasteiger partial charge in [0.25, 0.3) is 5.82 Å². The van der Waals surface area contributed by atoms with Crippen molar-refractivity contribution >= 4 is 7.25 Å². The highest BCUT2D eigenvalue weighted by atomic mass is 19.5. The molecule has 1 N–H and O–H groups in total. The lowest BCUT2D eigenvalue weighted by Gasteiger charge is -2.00. The fourth-order valence-corrected chi connectivity index (χ4v) is 1.10. The van der Waals surface area contributed by atoms with Crippen LogP contribution in [-0.2, 0) is 7.05 Å². The Kier molecular flexibility index (Phi) is 5.39. The van der Waals surface area contributed by atoms with Crippen LogP contribution in [0.5, 0.6) is 0 Å². The molecule has 1 heterocycles. The van der Waals surface area contributed by atoms with Gasteiger partial charge in [0.15, 0.2) is 0 Å². The van der Waals surface area contributed by atoms with E-state index in [4.69, 9.17) is 0 Å². The van der Waals surface area contributed by atoms with E-state index in [1.54, 1.807) is 0 Å². The number of nitrogens with zero attached hydrogens (tertiary/aromatic N) is 1. The molecule has 0 spiro atoms. The number of aryl methyl sites for hydroxylation is 1. The van der Waals surface area contributed by atoms with Gasteiger partial charge in [0.2, 0.25) is 0 Å². The molecule has 2 nitrogen and oxygen atoms in total. The molecule has 0 bridgehead atoms. The topological polar surface area (TPSA) is 19.7 Å². The SMILES string of the molecule is CCC(C)c1[nH]cc[n+]1C.F[B-](F)(F)F. The fraction of sp³-hybridized carbons (Fsp3) is 0.625. The zero-order valence-electron chi connectivity index (χ0n) is 8.98. The van der Waals surface area contributed by atoms with E-state index in [0.717, 1.165) is 0 Å². The van der Waals surface area contributed by atoms with Gasteiger partial charge in [-0.25, -0.2) is 9.55 Å². The molecular formula is C8H15BF4N2. The Morgan fingerprint density at radius 1 is 1.40 bits per heavy atom. The molecule has 1 aromatic heterocycles. The number of aromatic nitrogens is 2. The average molecular weight is 226 g/mol.